The zero-order valence-corrected chi connectivity index (χ0v) is 18.9. The van der Waals surface area contributed by atoms with Gasteiger partial charge >= 0.3 is 0 Å². The molecular formula is C23H29N5O2S. The maximum Gasteiger partial charge on any atom is 0.260 e. The molecule has 1 aromatic carbocycles. The van der Waals surface area contributed by atoms with Crippen LogP contribution in [0.4, 0.5) is 5.13 Å². The number of carbonyl (C=O) groups excluding carboxylic acids is 1. The molecule has 4 rings (SSSR count). The molecule has 31 heavy (non-hydrogen) atoms. The Hall–Kier alpha value is -2.71. The standard InChI is InChI=1S/C23H29N5O2S/c1-17-4-3-5-19(14-17)30-12-11-28-9-6-18(7-10-28)15-21-20(16-27(2)26-21)22(29)25-23-24-8-13-31-23/h3-5,8,13-14,16,18H,6-7,9-12,15H2,1-2H3,(H,24,25,29). The van der Waals surface area contributed by atoms with Crippen LogP contribution in [-0.4, -0.2) is 51.8 Å². The Morgan fingerprint density at radius 2 is 2.16 bits per heavy atom. The van der Waals surface area contributed by atoms with E-state index in [1.54, 1.807) is 17.1 Å². The second kappa shape index (κ2) is 10.1. The molecule has 2 aromatic heterocycles. The maximum atomic E-state index is 12.7. The van der Waals surface area contributed by atoms with E-state index < -0.39 is 0 Å². The highest BCUT2D eigenvalue weighted by molar-refractivity contribution is 7.13. The molecule has 0 aliphatic carbocycles. The van der Waals surface area contributed by atoms with Crippen LogP contribution >= 0.6 is 11.3 Å². The van der Waals surface area contributed by atoms with Crippen LogP contribution in [0.1, 0.15) is 34.5 Å². The Bertz CT molecular complexity index is 993. The number of hydrogen-bond donors (Lipinski definition) is 1. The first-order chi connectivity index (χ1) is 15.1. The predicted molar refractivity (Wildman–Crippen MR) is 123 cm³/mol. The van der Waals surface area contributed by atoms with Crippen molar-refractivity contribution >= 4 is 22.4 Å². The summed E-state index contributed by atoms with van der Waals surface area (Å²) in [5.41, 5.74) is 2.73. The van der Waals surface area contributed by atoms with Crippen molar-refractivity contribution in [3.63, 3.8) is 0 Å². The molecule has 164 valence electrons. The van der Waals surface area contributed by atoms with Crippen LogP contribution < -0.4 is 10.1 Å². The van der Waals surface area contributed by atoms with Gasteiger partial charge in [0.25, 0.3) is 5.91 Å². The molecule has 1 fully saturated rings. The van der Waals surface area contributed by atoms with Crippen molar-refractivity contribution in [2.24, 2.45) is 13.0 Å². The van der Waals surface area contributed by atoms with Gasteiger partial charge in [0.15, 0.2) is 5.13 Å². The monoisotopic (exact) mass is 439 g/mol. The number of amides is 1. The summed E-state index contributed by atoms with van der Waals surface area (Å²) in [6.07, 6.45) is 6.53. The van der Waals surface area contributed by atoms with Crippen LogP contribution in [0, 0.1) is 12.8 Å². The van der Waals surface area contributed by atoms with E-state index in [4.69, 9.17) is 4.74 Å². The lowest BCUT2D eigenvalue weighted by Gasteiger charge is -2.31. The van der Waals surface area contributed by atoms with E-state index in [1.807, 2.05) is 24.6 Å². The van der Waals surface area contributed by atoms with Gasteiger partial charge in [-0.05, 0) is 62.9 Å². The highest BCUT2D eigenvalue weighted by Crippen LogP contribution is 2.23. The Morgan fingerprint density at radius 1 is 1.32 bits per heavy atom. The molecule has 1 aliphatic rings. The Labute approximate surface area is 187 Å². The number of aryl methyl sites for hydroxylation is 2. The van der Waals surface area contributed by atoms with Crippen LogP contribution in [0.25, 0.3) is 0 Å². The first-order valence-electron chi connectivity index (χ1n) is 10.7. The third kappa shape index (κ3) is 5.92. The highest BCUT2D eigenvalue weighted by atomic mass is 32.1. The molecule has 0 radical (unpaired) electrons. The van der Waals surface area contributed by atoms with Gasteiger partial charge in [-0.25, -0.2) is 4.98 Å². The number of benzene rings is 1. The molecule has 1 N–H and O–H groups in total. The van der Waals surface area contributed by atoms with Crippen LogP contribution in [0.2, 0.25) is 0 Å². The molecule has 0 atom stereocenters. The van der Waals surface area contributed by atoms with E-state index >= 15 is 0 Å². The summed E-state index contributed by atoms with van der Waals surface area (Å²) in [7, 11) is 1.86. The number of anilines is 1. The molecule has 0 unspecified atom stereocenters. The molecule has 3 heterocycles. The number of nitrogens with zero attached hydrogens (tertiary/aromatic N) is 4. The van der Waals surface area contributed by atoms with Gasteiger partial charge < -0.3 is 4.74 Å². The molecule has 0 spiro atoms. The predicted octanol–water partition coefficient (Wildman–Crippen LogP) is 3.77. The summed E-state index contributed by atoms with van der Waals surface area (Å²) in [6.45, 7) is 5.82. The van der Waals surface area contributed by atoms with Crippen molar-refractivity contribution in [3.8, 4) is 5.75 Å². The molecule has 7 nitrogen and oxygen atoms in total. The number of rotatable bonds is 8. The second-order valence-electron chi connectivity index (χ2n) is 8.11. The van der Waals surface area contributed by atoms with Crippen molar-refractivity contribution in [2.45, 2.75) is 26.2 Å². The minimum absolute atomic E-state index is 0.135. The fraction of sp³-hybridized carbons (Fsp3) is 0.435. The van der Waals surface area contributed by atoms with Gasteiger partial charge in [-0.15, -0.1) is 11.3 Å². The third-order valence-electron chi connectivity index (χ3n) is 5.66. The molecule has 0 bridgehead atoms. The Kier molecular flexibility index (Phi) is 6.99. The summed E-state index contributed by atoms with van der Waals surface area (Å²) in [5.74, 6) is 1.34. The van der Waals surface area contributed by atoms with Crippen molar-refractivity contribution in [1.82, 2.24) is 19.7 Å². The van der Waals surface area contributed by atoms with Gasteiger partial charge in [0.1, 0.15) is 12.4 Å². The highest BCUT2D eigenvalue weighted by Gasteiger charge is 2.24. The SMILES string of the molecule is Cc1cccc(OCCN2CCC(Cc3nn(C)cc3C(=O)Nc3nccs3)CC2)c1. The van der Waals surface area contributed by atoms with Crippen LogP contribution in [0.15, 0.2) is 42.0 Å². The summed E-state index contributed by atoms with van der Waals surface area (Å²) in [4.78, 5) is 19.3. The largest absolute Gasteiger partial charge is 0.492 e. The third-order valence-corrected chi connectivity index (χ3v) is 6.35. The van der Waals surface area contributed by atoms with E-state index in [-0.39, 0.29) is 5.91 Å². The number of likely N-dealkylation sites (tertiary alicyclic amines) is 1. The molecule has 8 heteroatoms. The van der Waals surface area contributed by atoms with Crippen LogP contribution in [0.5, 0.6) is 5.75 Å². The van der Waals surface area contributed by atoms with Crippen molar-refractivity contribution in [2.75, 3.05) is 31.6 Å². The van der Waals surface area contributed by atoms with Crippen LogP contribution in [-0.2, 0) is 13.5 Å². The number of ether oxygens (including phenoxy) is 1. The topological polar surface area (TPSA) is 72.3 Å². The lowest BCUT2D eigenvalue weighted by Crippen LogP contribution is -2.37. The van der Waals surface area contributed by atoms with Gasteiger partial charge in [0.2, 0.25) is 0 Å². The quantitative estimate of drug-likeness (QED) is 0.578. The molecule has 3 aromatic rings. The number of piperidine rings is 1. The Morgan fingerprint density at radius 3 is 2.90 bits per heavy atom. The van der Waals surface area contributed by atoms with Gasteiger partial charge in [-0.2, -0.15) is 5.10 Å². The van der Waals surface area contributed by atoms with Crippen molar-refractivity contribution < 1.29 is 9.53 Å². The normalized spacial score (nSPS) is 15.2. The number of aromatic nitrogens is 3. The summed E-state index contributed by atoms with van der Waals surface area (Å²) in [6, 6.07) is 8.18. The van der Waals surface area contributed by atoms with Crippen molar-refractivity contribution in [1.29, 1.82) is 0 Å². The van der Waals surface area contributed by atoms with Gasteiger partial charge in [-0.3, -0.25) is 19.7 Å². The zero-order chi connectivity index (χ0) is 21.6. The van der Waals surface area contributed by atoms with Gasteiger partial charge in [-0.1, -0.05) is 12.1 Å². The maximum absolute atomic E-state index is 12.7. The fourth-order valence-corrected chi connectivity index (χ4v) is 4.53. The van der Waals surface area contributed by atoms with E-state index in [0.717, 1.165) is 50.3 Å². The average Bonchev–Trinajstić information content (AvgIpc) is 3.39. The smallest absolute Gasteiger partial charge is 0.260 e. The van der Waals surface area contributed by atoms with Crippen LogP contribution in [0.3, 0.4) is 0 Å². The summed E-state index contributed by atoms with van der Waals surface area (Å²) >= 11 is 1.41. The van der Waals surface area contributed by atoms with E-state index in [1.165, 1.54) is 16.9 Å². The van der Waals surface area contributed by atoms with E-state index in [2.05, 4.69) is 39.4 Å². The first kappa shape index (κ1) is 21.5. The number of hydrogen-bond acceptors (Lipinski definition) is 6. The molecule has 1 aliphatic heterocycles. The molecular weight excluding hydrogens is 410 g/mol. The Balaban J connectivity index is 1.25. The molecule has 1 saturated heterocycles. The minimum Gasteiger partial charge on any atom is -0.492 e. The molecule has 0 saturated carbocycles. The van der Waals surface area contributed by atoms with Gasteiger partial charge in [0.05, 0.1) is 11.3 Å². The zero-order valence-electron chi connectivity index (χ0n) is 18.1. The van der Waals surface area contributed by atoms with Crippen molar-refractivity contribution in [3.05, 3.63) is 58.9 Å². The molecule has 1 amide bonds. The summed E-state index contributed by atoms with van der Waals surface area (Å²) in [5, 5.41) is 9.90. The summed E-state index contributed by atoms with van der Waals surface area (Å²) < 4.78 is 7.62. The van der Waals surface area contributed by atoms with Gasteiger partial charge in [0, 0.05) is 31.4 Å². The van der Waals surface area contributed by atoms with E-state index in [9.17, 15) is 4.79 Å². The fourth-order valence-electron chi connectivity index (χ4n) is 4.01. The van der Waals surface area contributed by atoms with E-state index in [0.29, 0.717) is 23.2 Å². The lowest BCUT2D eigenvalue weighted by atomic mass is 9.91. The number of thiazole rings is 1. The number of nitrogens with one attached hydrogen (secondary N) is 1. The lowest BCUT2D eigenvalue weighted by molar-refractivity contribution is 0.102. The first-order valence-corrected chi connectivity index (χ1v) is 11.6. The minimum atomic E-state index is -0.135. The second-order valence-corrected chi connectivity index (χ2v) is 9.00. The number of carbonyl (C=O) groups is 1. The average molecular weight is 440 g/mol.